The van der Waals surface area contributed by atoms with E-state index in [9.17, 15) is 5.11 Å². The molecular weight excluding hydrogens is 188 g/mol. The van der Waals surface area contributed by atoms with Crippen LogP contribution in [0.15, 0.2) is 22.6 Å². The van der Waals surface area contributed by atoms with Gasteiger partial charge in [-0.15, -0.1) is 0 Å². The number of hydrogen-bond donors (Lipinski definition) is 1. The van der Waals surface area contributed by atoms with Gasteiger partial charge in [-0.2, -0.15) is 0 Å². The quantitative estimate of drug-likeness (QED) is 0.806. The highest BCUT2D eigenvalue weighted by atomic mass is 16.4. The number of aryl methyl sites for hydroxylation is 1. The van der Waals surface area contributed by atoms with Gasteiger partial charge in [0.25, 0.3) is 0 Å². The van der Waals surface area contributed by atoms with Gasteiger partial charge >= 0.3 is 0 Å². The highest BCUT2D eigenvalue weighted by Crippen LogP contribution is 2.34. The Bertz CT molecular complexity index is 480. The third-order valence-corrected chi connectivity index (χ3v) is 2.74. The lowest BCUT2D eigenvalue weighted by Gasteiger charge is -2.03. The number of aromatic hydroxyl groups is 1. The summed E-state index contributed by atoms with van der Waals surface area (Å²) in [7, 11) is 0. The van der Waals surface area contributed by atoms with Gasteiger partial charge in [0.1, 0.15) is 11.3 Å². The lowest BCUT2D eigenvalue weighted by Crippen LogP contribution is -1.85. The zero-order valence-corrected chi connectivity index (χ0v) is 9.37. The third kappa shape index (κ3) is 1.60. The van der Waals surface area contributed by atoms with Gasteiger partial charge < -0.3 is 9.52 Å². The molecular formula is C13H16O2. The molecule has 2 rings (SSSR count). The van der Waals surface area contributed by atoms with Crippen molar-refractivity contribution in [3.63, 3.8) is 0 Å². The van der Waals surface area contributed by atoms with Gasteiger partial charge in [-0.05, 0) is 23.6 Å². The predicted molar refractivity (Wildman–Crippen MR) is 61.3 cm³/mol. The maximum atomic E-state index is 9.90. The zero-order chi connectivity index (χ0) is 11.0. The number of benzene rings is 1. The Kier molecular flexibility index (Phi) is 2.43. The maximum absolute atomic E-state index is 9.90. The molecule has 2 nitrogen and oxygen atoms in total. The molecule has 1 N–H and O–H groups in total. The van der Waals surface area contributed by atoms with Gasteiger partial charge in [0.05, 0.1) is 5.39 Å². The lowest BCUT2D eigenvalue weighted by atomic mass is 10.0. The molecule has 0 saturated carbocycles. The molecule has 0 spiro atoms. The summed E-state index contributed by atoms with van der Waals surface area (Å²) < 4.78 is 5.53. The van der Waals surface area contributed by atoms with E-state index >= 15 is 0 Å². The van der Waals surface area contributed by atoms with Crippen LogP contribution in [-0.2, 0) is 6.42 Å². The van der Waals surface area contributed by atoms with Crippen molar-refractivity contribution >= 4 is 11.0 Å². The molecule has 0 aliphatic carbocycles. The van der Waals surface area contributed by atoms with Gasteiger partial charge in [0.2, 0.25) is 0 Å². The first-order valence-electron chi connectivity index (χ1n) is 5.37. The fourth-order valence-electron chi connectivity index (χ4n) is 1.75. The van der Waals surface area contributed by atoms with E-state index in [4.69, 9.17) is 4.42 Å². The first kappa shape index (κ1) is 10.1. The average Bonchev–Trinajstić information content (AvgIpc) is 2.55. The second-order valence-electron chi connectivity index (χ2n) is 4.14. The molecule has 0 unspecified atom stereocenters. The number of rotatable bonds is 2. The summed E-state index contributed by atoms with van der Waals surface area (Å²) in [5, 5.41) is 10.7. The summed E-state index contributed by atoms with van der Waals surface area (Å²) in [5.74, 6) is 1.44. The molecule has 15 heavy (non-hydrogen) atoms. The van der Waals surface area contributed by atoms with Crippen LogP contribution in [0.2, 0.25) is 0 Å². The van der Waals surface area contributed by atoms with Crippen molar-refractivity contribution in [3.05, 3.63) is 29.5 Å². The zero-order valence-electron chi connectivity index (χ0n) is 9.37. The summed E-state index contributed by atoms with van der Waals surface area (Å²) >= 11 is 0. The lowest BCUT2D eigenvalue weighted by molar-refractivity contribution is 0.443. The first-order valence-corrected chi connectivity index (χ1v) is 5.37. The van der Waals surface area contributed by atoms with Crippen molar-refractivity contribution in [2.45, 2.75) is 33.1 Å². The van der Waals surface area contributed by atoms with Crippen LogP contribution in [0.25, 0.3) is 11.0 Å². The molecule has 2 heteroatoms. The molecule has 0 bridgehead atoms. The van der Waals surface area contributed by atoms with Gasteiger partial charge in [-0.3, -0.25) is 0 Å². The molecule has 80 valence electrons. The van der Waals surface area contributed by atoms with E-state index in [0.29, 0.717) is 17.4 Å². The van der Waals surface area contributed by atoms with Crippen LogP contribution < -0.4 is 0 Å². The SMILES string of the molecule is CCc1oc2ccc(C(C)C)cc2c1O. The van der Waals surface area contributed by atoms with E-state index in [-0.39, 0.29) is 0 Å². The molecule has 0 aliphatic rings. The Hall–Kier alpha value is -1.44. The van der Waals surface area contributed by atoms with Gasteiger partial charge in [-0.25, -0.2) is 0 Å². The number of furan rings is 1. The summed E-state index contributed by atoms with van der Waals surface area (Å²) in [6.45, 7) is 6.25. The number of fused-ring (bicyclic) bond motifs is 1. The van der Waals surface area contributed by atoms with Crippen molar-refractivity contribution in [2.24, 2.45) is 0 Å². The fourth-order valence-corrected chi connectivity index (χ4v) is 1.75. The summed E-state index contributed by atoms with van der Waals surface area (Å²) in [4.78, 5) is 0. The van der Waals surface area contributed by atoms with Crippen molar-refractivity contribution in [2.75, 3.05) is 0 Å². The largest absolute Gasteiger partial charge is 0.504 e. The Morgan fingerprint density at radius 1 is 1.33 bits per heavy atom. The molecule has 0 atom stereocenters. The highest BCUT2D eigenvalue weighted by Gasteiger charge is 2.12. The van der Waals surface area contributed by atoms with Crippen LogP contribution in [-0.4, -0.2) is 5.11 Å². The molecule has 1 heterocycles. The van der Waals surface area contributed by atoms with Crippen LogP contribution in [0, 0.1) is 0 Å². The van der Waals surface area contributed by atoms with Gasteiger partial charge in [0, 0.05) is 6.42 Å². The minimum absolute atomic E-state index is 0.301. The topological polar surface area (TPSA) is 33.4 Å². The fraction of sp³-hybridized carbons (Fsp3) is 0.385. The first-order chi connectivity index (χ1) is 7.13. The molecule has 0 radical (unpaired) electrons. The van der Waals surface area contributed by atoms with Crippen LogP contribution in [0.3, 0.4) is 0 Å². The van der Waals surface area contributed by atoms with Crippen molar-refractivity contribution in [1.29, 1.82) is 0 Å². The molecule has 2 aromatic rings. The van der Waals surface area contributed by atoms with E-state index in [0.717, 1.165) is 17.4 Å². The van der Waals surface area contributed by atoms with Crippen LogP contribution in [0.5, 0.6) is 5.75 Å². The maximum Gasteiger partial charge on any atom is 0.165 e. The Labute approximate surface area is 89.5 Å². The summed E-state index contributed by atoms with van der Waals surface area (Å²) in [6.07, 6.45) is 0.720. The van der Waals surface area contributed by atoms with Crippen molar-refractivity contribution < 1.29 is 9.52 Å². The molecule has 0 amide bonds. The van der Waals surface area contributed by atoms with E-state index in [2.05, 4.69) is 19.9 Å². The van der Waals surface area contributed by atoms with Crippen LogP contribution in [0.4, 0.5) is 0 Å². The second kappa shape index (κ2) is 3.61. The van der Waals surface area contributed by atoms with Crippen LogP contribution in [0.1, 0.15) is 38.0 Å². The van der Waals surface area contributed by atoms with E-state index in [1.54, 1.807) is 0 Å². The van der Waals surface area contributed by atoms with E-state index < -0.39 is 0 Å². The minimum atomic E-state index is 0.301. The molecule has 1 aromatic carbocycles. The minimum Gasteiger partial charge on any atom is -0.504 e. The van der Waals surface area contributed by atoms with Crippen molar-refractivity contribution in [1.82, 2.24) is 0 Å². The standard InChI is InChI=1S/C13H16O2/c1-4-11-13(14)10-7-9(8(2)3)5-6-12(10)15-11/h5-8,14H,4H2,1-3H3. The molecule has 0 saturated heterocycles. The predicted octanol–water partition coefficient (Wildman–Crippen LogP) is 3.82. The van der Waals surface area contributed by atoms with Gasteiger partial charge in [0.15, 0.2) is 5.75 Å². The second-order valence-corrected chi connectivity index (χ2v) is 4.14. The number of hydrogen-bond acceptors (Lipinski definition) is 2. The molecule has 0 aliphatic heterocycles. The Balaban J connectivity index is 2.65. The van der Waals surface area contributed by atoms with Crippen molar-refractivity contribution in [3.8, 4) is 5.75 Å². The molecule has 0 fully saturated rings. The highest BCUT2D eigenvalue weighted by molar-refractivity contribution is 5.85. The van der Waals surface area contributed by atoms with Crippen LogP contribution >= 0.6 is 0 Å². The normalized spacial score (nSPS) is 11.5. The van der Waals surface area contributed by atoms with Gasteiger partial charge in [-0.1, -0.05) is 26.8 Å². The Morgan fingerprint density at radius 2 is 2.07 bits per heavy atom. The average molecular weight is 204 g/mol. The summed E-state index contributed by atoms with van der Waals surface area (Å²) in [5.41, 5.74) is 2.00. The molecule has 1 aromatic heterocycles. The van der Waals surface area contributed by atoms with E-state index in [1.807, 2.05) is 19.1 Å². The third-order valence-electron chi connectivity index (χ3n) is 2.74. The Morgan fingerprint density at radius 3 is 2.67 bits per heavy atom. The smallest absolute Gasteiger partial charge is 0.165 e. The van der Waals surface area contributed by atoms with E-state index in [1.165, 1.54) is 5.56 Å². The monoisotopic (exact) mass is 204 g/mol. The summed E-state index contributed by atoms with van der Waals surface area (Å²) in [6, 6.07) is 6.00.